The number of amides is 2. The second-order valence-electron chi connectivity index (χ2n) is 6.52. The van der Waals surface area contributed by atoms with Gasteiger partial charge in [0.05, 0.1) is 13.2 Å². The second-order valence-corrected chi connectivity index (χ2v) is 6.52. The number of nitrogens with one attached hydrogen (secondary N) is 2. The fourth-order valence-electron chi connectivity index (χ4n) is 3.63. The van der Waals surface area contributed by atoms with Crippen molar-refractivity contribution in [3.63, 3.8) is 0 Å². The van der Waals surface area contributed by atoms with Gasteiger partial charge in [-0.2, -0.15) is 0 Å². The topological polar surface area (TPSA) is 70.7 Å². The Morgan fingerprint density at radius 2 is 1.82 bits per heavy atom. The lowest BCUT2D eigenvalue weighted by Crippen LogP contribution is -2.60. The van der Waals surface area contributed by atoms with E-state index in [1.54, 1.807) is 6.92 Å². The number of ether oxygens (including phenoxy) is 1. The molecule has 0 aromatic heterocycles. The number of rotatable bonds is 5. The average Bonchev–Trinajstić information content (AvgIpc) is 2.53. The van der Waals surface area contributed by atoms with Crippen molar-refractivity contribution in [3.8, 4) is 0 Å². The minimum absolute atomic E-state index is 0.0631. The minimum Gasteiger partial charge on any atom is -0.379 e. The van der Waals surface area contributed by atoms with Gasteiger partial charge in [-0.25, -0.2) is 0 Å². The molecule has 2 amide bonds. The monoisotopic (exact) mass is 311 g/mol. The molecule has 6 heteroatoms. The van der Waals surface area contributed by atoms with E-state index in [1.807, 2.05) is 0 Å². The van der Waals surface area contributed by atoms with Crippen LogP contribution in [0.1, 0.15) is 46.0 Å². The largest absolute Gasteiger partial charge is 0.379 e. The Morgan fingerprint density at radius 1 is 1.18 bits per heavy atom. The van der Waals surface area contributed by atoms with Crippen molar-refractivity contribution >= 4 is 11.8 Å². The van der Waals surface area contributed by atoms with E-state index in [2.05, 4.69) is 15.5 Å². The van der Waals surface area contributed by atoms with E-state index in [4.69, 9.17) is 4.74 Å². The van der Waals surface area contributed by atoms with Crippen LogP contribution in [-0.4, -0.2) is 61.1 Å². The van der Waals surface area contributed by atoms with Crippen molar-refractivity contribution < 1.29 is 14.3 Å². The lowest BCUT2D eigenvalue weighted by atomic mass is 9.79. The zero-order valence-corrected chi connectivity index (χ0v) is 13.8. The summed E-state index contributed by atoms with van der Waals surface area (Å²) in [7, 11) is 0. The van der Waals surface area contributed by atoms with Gasteiger partial charge in [0.2, 0.25) is 11.8 Å². The molecule has 1 aliphatic heterocycles. The molecule has 22 heavy (non-hydrogen) atoms. The Bertz CT molecular complexity index is 388. The van der Waals surface area contributed by atoms with Gasteiger partial charge in [-0.1, -0.05) is 19.3 Å². The summed E-state index contributed by atoms with van der Waals surface area (Å²) in [5, 5.41) is 5.70. The number of carbonyl (C=O) groups excluding carboxylic acids is 2. The van der Waals surface area contributed by atoms with Gasteiger partial charge in [-0.05, 0) is 19.8 Å². The van der Waals surface area contributed by atoms with Crippen LogP contribution in [-0.2, 0) is 14.3 Å². The molecule has 2 N–H and O–H groups in total. The van der Waals surface area contributed by atoms with E-state index in [-0.39, 0.29) is 17.4 Å². The number of morpholine rings is 1. The van der Waals surface area contributed by atoms with Gasteiger partial charge in [0.25, 0.3) is 0 Å². The van der Waals surface area contributed by atoms with Gasteiger partial charge < -0.3 is 15.4 Å². The normalized spacial score (nSPS) is 23.5. The van der Waals surface area contributed by atoms with Crippen molar-refractivity contribution in [1.82, 2.24) is 15.5 Å². The standard InChI is InChI=1S/C16H29N3O3/c1-13(18-14(2)20)15(21)17-12-16(6-4-3-5-7-16)19-8-10-22-11-9-19/h13H,3-12H2,1-2H3,(H,17,21)(H,18,20)/t13-/m1/s1. The van der Waals surface area contributed by atoms with Crippen LogP contribution in [0.2, 0.25) is 0 Å². The van der Waals surface area contributed by atoms with Gasteiger partial charge >= 0.3 is 0 Å². The minimum atomic E-state index is -0.483. The third-order valence-corrected chi connectivity index (χ3v) is 4.87. The molecule has 1 saturated carbocycles. The Balaban J connectivity index is 1.94. The summed E-state index contributed by atoms with van der Waals surface area (Å²) < 4.78 is 5.47. The van der Waals surface area contributed by atoms with E-state index >= 15 is 0 Å². The van der Waals surface area contributed by atoms with E-state index in [0.29, 0.717) is 6.54 Å². The molecule has 6 nitrogen and oxygen atoms in total. The van der Waals surface area contributed by atoms with Crippen LogP contribution < -0.4 is 10.6 Å². The van der Waals surface area contributed by atoms with Crippen molar-refractivity contribution in [1.29, 1.82) is 0 Å². The van der Waals surface area contributed by atoms with Crippen LogP contribution in [0, 0.1) is 0 Å². The Kier molecular flexibility index (Phi) is 6.20. The molecule has 2 rings (SSSR count). The van der Waals surface area contributed by atoms with E-state index in [1.165, 1.54) is 26.2 Å². The highest BCUT2D eigenvalue weighted by Crippen LogP contribution is 2.33. The highest BCUT2D eigenvalue weighted by molar-refractivity contribution is 5.86. The first-order chi connectivity index (χ1) is 10.5. The first-order valence-corrected chi connectivity index (χ1v) is 8.41. The Labute approximate surface area is 132 Å². The number of hydrogen-bond donors (Lipinski definition) is 2. The predicted molar refractivity (Wildman–Crippen MR) is 84.5 cm³/mol. The first kappa shape index (κ1) is 17.2. The van der Waals surface area contributed by atoms with Gasteiger partial charge in [-0.3, -0.25) is 14.5 Å². The summed E-state index contributed by atoms with van der Waals surface area (Å²) in [6, 6.07) is -0.483. The third-order valence-electron chi connectivity index (χ3n) is 4.87. The predicted octanol–water partition coefficient (Wildman–Crippen LogP) is 0.662. The van der Waals surface area contributed by atoms with Gasteiger partial charge in [-0.15, -0.1) is 0 Å². The lowest BCUT2D eigenvalue weighted by Gasteiger charge is -2.48. The SMILES string of the molecule is CC(=O)N[C@H](C)C(=O)NCC1(N2CCOCC2)CCCCC1. The zero-order chi connectivity index (χ0) is 16.0. The molecule has 0 aromatic rings. The molecule has 0 spiro atoms. The maximum Gasteiger partial charge on any atom is 0.242 e. The van der Waals surface area contributed by atoms with E-state index in [9.17, 15) is 9.59 Å². The third kappa shape index (κ3) is 4.43. The van der Waals surface area contributed by atoms with Crippen molar-refractivity contribution in [2.75, 3.05) is 32.8 Å². The first-order valence-electron chi connectivity index (χ1n) is 8.41. The smallest absolute Gasteiger partial charge is 0.242 e. The highest BCUT2D eigenvalue weighted by Gasteiger charge is 2.39. The van der Waals surface area contributed by atoms with Crippen LogP contribution in [0.25, 0.3) is 0 Å². The summed E-state index contributed by atoms with van der Waals surface area (Å²) in [5.74, 6) is -0.281. The number of nitrogens with zero attached hydrogens (tertiary/aromatic N) is 1. The van der Waals surface area contributed by atoms with E-state index in [0.717, 1.165) is 39.1 Å². The molecular formula is C16H29N3O3. The van der Waals surface area contributed by atoms with Gasteiger partial charge in [0, 0.05) is 32.1 Å². The molecule has 1 saturated heterocycles. The Morgan fingerprint density at radius 3 is 2.41 bits per heavy atom. The van der Waals surface area contributed by atoms with E-state index < -0.39 is 6.04 Å². The molecule has 0 unspecified atom stereocenters. The molecule has 2 aliphatic rings. The van der Waals surface area contributed by atoms with Crippen molar-refractivity contribution in [2.24, 2.45) is 0 Å². The van der Waals surface area contributed by atoms with Crippen LogP contribution in [0.4, 0.5) is 0 Å². The maximum atomic E-state index is 12.2. The van der Waals surface area contributed by atoms with Crippen molar-refractivity contribution in [2.45, 2.75) is 57.5 Å². The molecule has 0 aromatic carbocycles. The molecule has 1 heterocycles. The fraction of sp³-hybridized carbons (Fsp3) is 0.875. The molecular weight excluding hydrogens is 282 g/mol. The fourth-order valence-corrected chi connectivity index (χ4v) is 3.63. The quantitative estimate of drug-likeness (QED) is 0.782. The molecule has 1 atom stereocenters. The van der Waals surface area contributed by atoms with Crippen LogP contribution in [0.3, 0.4) is 0 Å². The number of hydrogen-bond acceptors (Lipinski definition) is 4. The number of carbonyl (C=O) groups is 2. The molecule has 1 aliphatic carbocycles. The average molecular weight is 311 g/mol. The highest BCUT2D eigenvalue weighted by atomic mass is 16.5. The summed E-state index contributed by atoms with van der Waals surface area (Å²) in [6.45, 7) is 7.25. The molecule has 126 valence electrons. The maximum absolute atomic E-state index is 12.2. The molecule has 0 bridgehead atoms. The van der Waals surface area contributed by atoms with Crippen molar-refractivity contribution in [3.05, 3.63) is 0 Å². The second kappa shape index (κ2) is 7.92. The summed E-state index contributed by atoms with van der Waals surface area (Å²) in [4.78, 5) is 25.7. The molecule has 0 radical (unpaired) electrons. The lowest BCUT2D eigenvalue weighted by molar-refractivity contribution is -0.128. The summed E-state index contributed by atoms with van der Waals surface area (Å²) in [5.41, 5.74) is 0.0631. The van der Waals surface area contributed by atoms with Crippen LogP contribution >= 0.6 is 0 Å². The van der Waals surface area contributed by atoms with Crippen LogP contribution in [0.15, 0.2) is 0 Å². The van der Waals surface area contributed by atoms with Crippen LogP contribution in [0.5, 0.6) is 0 Å². The summed E-state index contributed by atoms with van der Waals surface area (Å²) in [6.07, 6.45) is 5.97. The summed E-state index contributed by atoms with van der Waals surface area (Å²) >= 11 is 0. The zero-order valence-electron chi connectivity index (χ0n) is 13.8. The van der Waals surface area contributed by atoms with Gasteiger partial charge in [0.15, 0.2) is 0 Å². The van der Waals surface area contributed by atoms with Gasteiger partial charge in [0.1, 0.15) is 6.04 Å². The Hall–Kier alpha value is -1.14. The molecule has 2 fully saturated rings.